The lowest BCUT2D eigenvalue weighted by Gasteiger charge is -2.29. The molecule has 0 spiro atoms. The Morgan fingerprint density at radius 1 is 1.29 bits per heavy atom. The Morgan fingerprint density at radius 2 is 1.97 bits per heavy atom. The van der Waals surface area contributed by atoms with E-state index in [-0.39, 0.29) is 23.7 Å². The summed E-state index contributed by atoms with van der Waals surface area (Å²) in [4.78, 5) is 45.8. The fourth-order valence-corrected chi connectivity index (χ4v) is 4.85. The number of imidazole rings is 1. The molecular weight excluding hydrogens is 525 g/mol. The predicted molar refractivity (Wildman–Crippen MR) is 133 cm³/mol. The summed E-state index contributed by atoms with van der Waals surface area (Å²) in [5, 5.41) is 0. The van der Waals surface area contributed by atoms with E-state index in [1.54, 1.807) is 41.5 Å². The van der Waals surface area contributed by atoms with Crippen molar-refractivity contribution in [3.8, 4) is 12.3 Å². The van der Waals surface area contributed by atoms with E-state index in [0.29, 0.717) is 0 Å². The lowest BCUT2D eigenvalue weighted by molar-refractivity contribution is -0.0999. The summed E-state index contributed by atoms with van der Waals surface area (Å²) in [7, 11) is -4.75. The van der Waals surface area contributed by atoms with Gasteiger partial charge in [-0.2, -0.15) is 4.98 Å². The van der Waals surface area contributed by atoms with Gasteiger partial charge in [-0.1, -0.05) is 5.92 Å². The first-order valence-electron chi connectivity index (χ1n) is 11.5. The molecular formula is C22H32N5O10P. The van der Waals surface area contributed by atoms with Crippen LogP contribution in [0.4, 0.5) is 10.7 Å². The minimum atomic E-state index is -4.75. The van der Waals surface area contributed by atoms with Crippen LogP contribution in [-0.4, -0.2) is 73.3 Å². The summed E-state index contributed by atoms with van der Waals surface area (Å²) < 4.78 is 47.2. The molecule has 1 saturated heterocycles. The molecule has 16 heteroatoms. The average Bonchev–Trinajstić information content (AvgIpc) is 3.30. The molecule has 5 atom stereocenters. The van der Waals surface area contributed by atoms with Crippen molar-refractivity contribution in [1.29, 1.82) is 0 Å². The highest BCUT2D eigenvalue weighted by Gasteiger charge is 2.53. The smallest absolute Gasteiger partial charge is 0.423 e. The zero-order valence-electron chi connectivity index (χ0n) is 21.9. The molecule has 0 amide bonds. The first kappa shape index (κ1) is 29.6. The second-order valence-electron chi connectivity index (χ2n) is 10.3. The highest BCUT2D eigenvalue weighted by molar-refractivity contribution is 7.47. The van der Waals surface area contributed by atoms with Gasteiger partial charge in [-0.15, -0.1) is 6.42 Å². The monoisotopic (exact) mass is 557 g/mol. The largest absolute Gasteiger partial charge is 0.509 e. The predicted octanol–water partition coefficient (Wildman–Crippen LogP) is 1.87. The van der Waals surface area contributed by atoms with Crippen molar-refractivity contribution in [2.24, 2.45) is 0 Å². The van der Waals surface area contributed by atoms with Crippen LogP contribution >= 0.6 is 7.82 Å². The first-order valence-corrected chi connectivity index (χ1v) is 13.0. The van der Waals surface area contributed by atoms with Gasteiger partial charge in [0, 0.05) is 0 Å². The van der Waals surface area contributed by atoms with Gasteiger partial charge in [-0.05, 0) is 41.5 Å². The molecule has 3 rings (SSSR count). The number of aromatic amines is 1. The number of rotatable bonds is 8. The van der Waals surface area contributed by atoms with Crippen molar-refractivity contribution in [3.63, 3.8) is 0 Å². The number of hydrogen-bond acceptors (Lipinski definition) is 12. The number of carbonyl (C=O) groups is 1. The van der Waals surface area contributed by atoms with Gasteiger partial charge < -0.3 is 29.6 Å². The normalized spacial score (nSPS) is 23.6. The maximum absolute atomic E-state index is 13.0. The molecule has 0 radical (unpaired) electrons. The van der Waals surface area contributed by atoms with Crippen molar-refractivity contribution in [2.75, 3.05) is 18.9 Å². The number of hydrogen-bond donors (Lipinski definition) is 3. The van der Waals surface area contributed by atoms with Crippen LogP contribution in [-0.2, 0) is 32.6 Å². The van der Waals surface area contributed by atoms with Gasteiger partial charge >= 0.3 is 14.0 Å². The molecule has 2 aromatic rings. The van der Waals surface area contributed by atoms with E-state index in [9.17, 15) is 19.0 Å². The number of anilines is 1. The molecule has 0 aromatic carbocycles. The number of phosphoric acid groups is 1. The molecule has 15 nitrogen and oxygen atoms in total. The Hall–Kier alpha value is -2.99. The Labute approximate surface area is 218 Å². The summed E-state index contributed by atoms with van der Waals surface area (Å²) >= 11 is 0. The molecule has 210 valence electrons. The summed E-state index contributed by atoms with van der Waals surface area (Å²) in [5.74, 6) is 1.93. The molecule has 4 N–H and O–H groups in total. The van der Waals surface area contributed by atoms with E-state index < -0.39 is 61.9 Å². The number of nitrogens with two attached hydrogens (primary N) is 1. The van der Waals surface area contributed by atoms with Crippen LogP contribution in [0.5, 0.6) is 0 Å². The number of phosphoric ester groups is 1. The van der Waals surface area contributed by atoms with Gasteiger partial charge in [0.2, 0.25) is 5.95 Å². The lowest BCUT2D eigenvalue weighted by Crippen LogP contribution is -2.40. The van der Waals surface area contributed by atoms with Crippen LogP contribution in [0.25, 0.3) is 11.2 Å². The van der Waals surface area contributed by atoms with E-state index in [1.165, 1.54) is 10.9 Å². The molecule has 38 heavy (non-hydrogen) atoms. The Kier molecular flexibility index (Phi) is 8.57. The average molecular weight is 557 g/mol. The highest BCUT2D eigenvalue weighted by atomic mass is 31.2. The minimum Gasteiger partial charge on any atom is -0.423 e. The molecule has 1 fully saturated rings. The zero-order valence-corrected chi connectivity index (χ0v) is 22.8. The number of H-pyrrole nitrogens is 1. The topological polar surface area (TPSA) is 199 Å². The molecule has 3 heterocycles. The van der Waals surface area contributed by atoms with Crippen molar-refractivity contribution >= 4 is 31.1 Å². The van der Waals surface area contributed by atoms with Crippen LogP contribution in [0.15, 0.2) is 11.1 Å². The van der Waals surface area contributed by atoms with Gasteiger partial charge in [-0.3, -0.25) is 23.4 Å². The fraction of sp³-hybridized carbons (Fsp3) is 0.636. The number of nitrogen functional groups attached to an aromatic ring is 1. The van der Waals surface area contributed by atoms with Crippen molar-refractivity contribution in [1.82, 2.24) is 19.5 Å². The SMILES string of the molecule is C#CCOC(=O)O[C@H]1C(OP(=O)(O)OC(C)(C)C)[C@@H](COC(C)(C)C)O[C@H]1n1cnc2c(=O)[nH]c(N)nc21. The summed E-state index contributed by atoms with van der Waals surface area (Å²) in [6.07, 6.45) is -0.0570. The number of carbonyl (C=O) groups excluding carboxylic acids is 1. The van der Waals surface area contributed by atoms with E-state index in [1.807, 2.05) is 0 Å². The number of aromatic nitrogens is 4. The third-order valence-corrected chi connectivity index (χ3v) is 6.13. The Morgan fingerprint density at radius 3 is 2.58 bits per heavy atom. The lowest BCUT2D eigenvalue weighted by atomic mass is 10.1. The molecule has 0 bridgehead atoms. The standard InChI is InChI=1S/C22H32N5O10P/c1-8-9-32-20(29)35-15-14(36-38(30,31)37-22(5,6)7)12(10-33-21(2,3)4)34-18(15)27-11-24-13-16(27)25-19(23)26-17(13)28/h1,11-12,14-15,18H,9-10H2,2-7H3,(H,30,31)(H3,23,25,26,28)/t12-,14?,15+,18-/m1/s1. The summed E-state index contributed by atoms with van der Waals surface area (Å²) in [6, 6.07) is 0. The Balaban J connectivity index is 2.08. The number of fused-ring (bicyclic) bond motifs is 1. The number of nitrogens with one attached hydrogen (secondary N) is 1. The maximum Gasteiger partial charge on any atom is 0.509 e. The van der Waals surface area contributed by atoms with Crippen LogP contribution in [0, 0.1) is 12.3 Å². The zero-order chi connectivity index (χ0) is 28.5. The summed E-state index contributed by atoms with van der Waals surface area (Å²) in [6.45, 7) is 9.51. The number of terminal acetylenes is 1. The van der Waals surface area contributed by atoms with E-state index in [2.05, 4.69) is 20.9 Å². The molecule has 0 aliphatic carbocycles. The maximum atomic E-state index is 13.0. The van der Waals surface area contributed by atoms with Gasteiger partial charge in [-0.25, -0.2) is 14.3 Å². The van der Waals surface area contributed by atoms with Crippen LogP contribution < -0.4 is 11.3 Å². The summed E-state index contributed by atoms with van der Waals surface area (Å²) in [5.41, 5.74) is 3.31. The highest BCUT2D eigenvalue weighted by Crippen LogP contribution is 2.52. The minimum absolute atomic E-state index is 0.00361. The number of ether oxygens (including phenoxy) is 4. The van der Waals surface area contributed by atoms with Crippen molar-refractivity contribution in [2.45, 2.75) is 77.3 Å². The third-order valence-electron chi connectivity index (χ3n) is 4.84. The van der Waals surface area contributed by atoms with Gasteiger partial charge in [0.15, 0.2) is 30.1 Å². The van der Waals surface area contributed by atoms with Crippen LogP contribution in [0.2, 0.25) is 0 Å². The molecule has 2 aromatic heterocycles. The third kappa shape index (κ3) is 7.53. The Bertz CT molecular complexity index is 1300. The van der Waals surface area contributed by atoms with Crippen molar-refractivity contribution < 1.29 is 42.2 Å². The van der Waals surface area contributed by atoms with Gasteiger partial charge in [0.1, 0.15) is 12.2 Å². The van der Waals surface area contributed by atoms with Gasteiger partial charge in [0.25, 0.3) is 5.56 Å². The second kappa shape index (κ2) is 11.0. The van der Waals surface area contributed by atoms with Crippen molar-refractivity contribution in [3.05, 3.63) is 16.7 Å². The fourth-order valence-electron chi connectivity index (χ4n) is 3.55. The second-order valence-corrected chi connectivity index (χ2v) is 11.7. The van der Waals surface area contributed by atoms with Gasteiger partial charge in [0.05, 0.1) is 24.1 Å². The first-order chi connectivity index (χ1) is 17.5. The van der Waals surface area contributed by atoms with E-state index in [4.69, 9.17) is 40.2 Å². The van der Waals surface area contributed by atoms with E-state index >= 15 is 0 Å². The van der Waals surface area contributed by atoms with E-state index in [0.717, 1.165) is 0 Å². The molecule has 1 aliphatic rings. The molecule has 0 saturated carbocycles. The number of nitrogens with zero attached hydrogens (tertiary/aromatic N) is 3. The molecule has 1 aliphatic heterocycles. The quantitative estimate of drug-likeness (QED) is 0.242. The van der Waals surface area contributed by atoms with Crippen LogP contribution in [0.3, 0.4) is 0 Å². The van der Waals surface area contributed by atoms with Crippen LogP contribution in [0.1, 0.15) is 47.8 Å². The molecule has 2 unspecified atom stereocenters.